The monoisotopic (exact) mass is 552 g/mol. The van der Waals surface area contributed by atoms with Crippen molar-refractivity contribution in [2.45, 2.75) is 43.8 Å². The molecule has 3 aromatic heterocycles. The highest BCUT2D eigenvalue weighted by molar-refractivity contribution is 5.89. The van der Waals surface area contributed by atoms with Crippen LogP contribution in [0.3, 0.4) is 0 Å². The van der Waals surface area contributed by atoms with Crippen molar-refractivity contribution in [2.24, 2.45) is 0 Å². The van der Waals surface area contributed by atoms with Crippen molar-refractivity contribution in [2.75, 3.05) is 38.7 Å². The fourth-order valence-electron chi connectivity index (χ4n) is 5.05. The zero-order valence-corrected chi connectivity index (χ0v) is 21.0. The highest BCUT2D eigenvalue weighted by Crippen LogP contribution is 2.37. The molecule has 0 aliphatic carbocycles. The molecule has 0 amide bonds. The van der Waals surface area contributed by atoms with E-state index in [9.17, 15) is 17.6 Å². The van der Waals surface area contributed by atoms with Crippen LogP contribution in [0.25, 0.3) is 27.7 Å². The van der Waals surface area contributed by atoms with Gasteiger partial charge in [-0.25, -0.2) is 31.1 Å². The molecule has 10 nitrogen and oxygen atoms in total. The number of aromatic nitrogens is 6. The number of ether oxygens (including phenoxy) is 2. The first-order valence-electron chi connectivity index (χ1n) is 12.3. The number of hydrogen-bond donors (Lipinski definition) is 1. The predicted octanol–water partition coefficient (Wildman–Crippen LogP) is 3.46. The van der Waals surface area contributed by atoms with Gasteiger partial charge in [-0.3, -0.25) is 4.90 Å². The summed E-state index contributed by atoms with van der Waals surface area (Å²) in [5.74, 6) is -6.99. The summed E-state index contributed by atoms with van der Waals surface area (Å²) >= 11 is 0. The summed E-state index contributed by atoms with van der Waals surface area (Å²) in [6.45, 7) is 0.999. The molecule has 1 atom stereocenters. The maximum absolute atomic E-state index is 15.3. The predicted molar refractivity (Wildman–Crippen MR) is 130 cm³/mol. The van der Waals surface area contributed by atoms with Gasteiger partial charge in [0.2, 0.25) is 11.8 Å². The molecule has 1 N–H and O–H groups in total. The molecule has 4 aromatic rings. The topological polar surface area (TPSA) is 94.6 Å². The molecule has 0 bridgehead atoms. The summed E-state index contributed by atoms with van der Waals surface area (Å²) < 4.78 is 85.3. The number of rotatable bonds is 7. The molecular weight excluding hydrogens is 527 g/mol. The third-order valence-corrected chi connectivity index (χ3v) is 7.05. The first-order valence-corrected chi connectivity index (χ1v) is 12.3. The number of anilines is 1. The Balaban J connectivity index is 1.33. The van der Waals surface area contributed by atoms with Crippen LogP contribution in [-0.2, 0) is 11.3 Å². The molecule has 2 aliphatic rings. The molecule has 208 valence electrons. The number of likely N-dealkylation sites (tertiary alicyclic amines) is 1. The Kier molecular flexibility index (Phi) is 6.10. The summed E-state index contributed by atoms with van der Waals surface area (Å²) in [7, 11) is 1.32. The van der Waals surface area contributed by atoms with Crippen LogP contribution in [-0.4, -0.2) is 91.8 Å². The van der Waals surface area contributed by atoms with Crippen LogP contribution in [0.4, 0.5) is 27.9 Å². The van der Waals surface area contributed by atoms with Gasteiger partial charge >= 0.3 is 0 Å². The summed E-state index contributed by atoms with van der Waals surface area (Å²) in [6, 6.07) is 3.36. The third kappa shape index (κ3) is 4.73. The molecule has 0 radical (unpaired) electrons. The summed E-state index contributed by atoms with van der Waals surface area (Å²) in [6.07, 6.45) is 1.23. The molecule has 1 unspecified atom stereocenters. The van der Waals surface area contributed by atoms with E-state index in [1.54, 1.807) is 17.0 Å². The van der Waals surface area contributed by atoms with Crippen molar-refractivity contribution in [3.8, 4) is 17.0 Å². The third-order valence-electron chi connectivity index (χ3n) is 7.05. The normalized spacial score (nSPS) is 20.4. The number of halogens is 5. The molecule has 6 rings (SSSR count). The lowest BCUT2D eigenvalue weighted by molar-refractivity contribution is -0.131. The van der Waals surface area contributed by atoms with E-state index >= 15 is 4.39 Å². The van der Waals surface area contributed by atoms with Crippen LogP contribution in [0, 0.1) is 5.82 Å². The SMILES string of the molecule is COc1nc(NC2CCN(C3COC3)CC2(F)F)nn2cc(F)c(-c3ccc4nnn(CC(C)(F)F)c4c3)c12. The van der Waals surface area contributed by atoms with Gasteiger partial charge in [0.1, 0.15) is 17.6 Å². The van der Waals surface area contributed by atoms with Crippen molar-refractivity contribution < 1.29 is 31.4 Å². The van der Waals surface area contributed by atoms with Crippen molar-refractivity contribution in [1.29, 1.82) is 0 Å². The van der Waals surface area contributed by atoms with E-state index in [4.69, 9.17) is 9.47 Å². The minimum Gasteiger partial charge on any atom is -0.479 e. The van der Waals surface area contributed by atoms with Gasteiger partial charge < -0.3 is 14.8 Å². The second-order valence-corrected chi connectivity index (χ2v) is 10.0. The Labute approximate surface area is 218 Å². The molecule has 0 spiro atoms. The van der Waals surface area contributed by atoms with Crippen molar-refractivity contribution in [1.82, 2.24) is 34.5 Å². The van der Waals surface area contributed by atoms with Crippen molar-refractivity contribution in [3.05, 3.63) is 30.2 Å². The second kappa shape index (κ2) is 9.26. The van der Waals surface area contributed by atoms with Crippen LogP contribution >= 0.6 is 0 Å². The summed E-state index contributed by atoms with van der Waals surface area (Å²) in [5.41, 5.74) is 1.17. The van der Waals surface area contributed by atoms with E-state index in [1.165, 1.54) is 13.2 Å². The van der Waals surface area contributed by atoms with E-state index in [1.807, 2.05) is 0 Å². The van der Waals surface area contributed by atoms with Gasteiger partial charge in [0, 0.05) is 13.5 Å². The van der Waals surface area contributed by atoms with Gasteiger partial charge in [-0.1, -0.05) is 11.3 Å². The molecule has 2 aliphatic heterocycles. The van der Waals surface area contributed by atoms with Crippen LogP contribution in [0.1, 0.15) is 13.3 Å². The minimum atomic E-state index is -3.06. The number of nitrogens with zero attached hydrogens (tertiary/aromatic N) is 7. The minimum absolute atomic E-state index is 0.00195. The zero-order chi connectivity index (χ0) is 27.5. The molecule has 2 fully saturated rings. The number of hydrogen-bond acceptors (Lipinski definition) is 8. The molecule has 39 heavy (non-hydrogen) atoms. The van der Waals surface area contributed by atoms with Gasteiger partial charge in [-0.05, 0) is 24.1 Å². The van der Waals surface area contributed by atoms with E-state index in [-0.39, 0.29) is 40.9 Å². The maximum Gasteiger partial charge on any atom is 0.280 e. The van der Waals surface area contributed by atoms with E-state index in [2.05, 4.69) is 25.7 Å². The zero-order valence-electron chi connectivity index (χ0n) is 21.0. The lowest BCUT2D eigenvalue weighted by Gasteiger charge is -2.44. The van der Waals surface area contributed by atoms with Gasteiger partial charge in [0.05, 0.1) is 56.2 Å². The number of nitrogens with one attached hydrogen (secondary N) is 1. The van der Waals surface area contributed by atoms with Gasteiger partial charge in [-0.15, -0.1) is 10.2 Å². The Morgan fingerprint density at radius 2 is 2.05 bits per heavy atom. The number of piperidine rings is 1. The highest BCUT2D eigenvalue weighted by atomic mass is 19.3. The van der Waals surface area contributed by atoms with Crippen LogP contribution in [0.2, 0.25) is 0 Å². The molecule has 0 saturated carbocycles. The Bertz CT molecular complexity index is 1530. The average molecular weight is 553 g/mol. The number of alkyl halides is 4. The number of methoxy groups -OCH3 is 1. The lowest BCUT2D eigenvalue weighted by Crippen LogP contribution is -2.61. The maximum atomic E-state index is 15.3. The molecule has 5 heterocycles. The second-order valence-electron chi connectivity index (χ2n) is 10.0. The largest absolute Gasteiger partial charge is 0.479 e. The summed E-state index contributed by atoms with van der Waals surface area (Å²) in [4.78, 5) is 5.97. The lowest BCUT2D eigenvalue weighted by atomic mass is 9.98. The Morgan fingerprint density at radius 1 is 1.26 bits per heavy atom. The Morgan fingerprint density at radius 3 is 2.72 bits per heavy atom. The van der Waals surface area contributed by atoms with E-state index in [0.29, 0.717) is 30.8 Å². The van der Waals surface area contributed by atoms with Crippen LogP contribution in [0.15, 0.2) is 24.4 Å². The van der Waals surface area contributed by atoms with Crippen molar-refractivity contribution >= 4 is 22.5 Å². The fourth-order valence-corrected chi connectivity index (χ4v) is 5.05. The molecule has 1 aromatic carbocycles. The summed E-state index contributed by atoms with van der Waals surface area (Å²) in [5, 5.41) is 14.6. The van der Waals surface area contributed by atoms with Gasteiger partial charge in [0.25, 0.3) is 11.8 Å². The Hall–Kier alpha value is -3.59. The van der Waals surface area contributed by atoms with E-state index < -0.39 is 36.8 Å². The van der Waals surface area contributed by atoms with Crippen LogP contribution < -0.4 is 10.1 Å². The van der Waals surface area contributed by atoms with Gasteiger partial charge in [0.15, 0.2) is 5.82 Å². The standard InChI is InChI=1S/C24H25F5N8O2/c1-23(26,27)11-37-17-7-13(3-4-16(17)32-34-37)19-15(25)8-36-20(19)21(38-2)31-22(33-36)30-18-5-6-35(12-24(18,28)29)14-9-39-10-14/h3-4,7-8,14,18H,5-6,9-12H2,1-2H3,(H,30,33). The van der Waals surface area contributed by atoms with E-state index in [0.717, 1.165) is 22.3 Å². The van der Waals surface area contributed by atoms with Gasteiger partial charge in [-0.2, -0.15) is 4.98 Å². The van der Waals surface area contributed by atoms with Crippen LogP contribution in [0.5, 0.6) is 5.88 Å². The highest BCUT2D eigenvalue weighted by Gasteiger charge is 2.47. The first kappa shape index (κ1) is 25.7. The fraction of sp³-hybridized carbons (Fsp3) is 0.500. The molecule has 15 heteroatoms. The first-order chi connectivity index (χ1) is 18.5. The average Bonchev–Trinajstić information content (AvgIpc) is 3.37. The quantitative estimate of drug-likeness (QED) is 0.349. The number of fused-ring (bicyclic) bond motifs is 2. The molecular formula is C24H25F5N8O2. The van der Waals surface area contributed by atoms with Crippen molar-refractivity contribution in [3.63, 3.8) is 0 Å². The smallest absolute Gasteiger partial charge is 0.280 e. The molecule has 2 saturated heterocycles. The number of benzene rings is 1.